The van der Waals surface area contributed by atoms with Crippen molar-refractivity contribution in [1.29, 1.82) is 0 Å². The molecule has 0 unspecified atom stereocenters. The summed E-state index contributed by atoms with van der Waals surface area (Å²) >= 11 is 0. The summed E-state index contributed by atoms with van der Waals surface area (Å²) in [6, 6.07) is 58.3. The van der Waals surface area contributed by atoms with E-state index in [1.54, 1.807) is 0 Å². The smallest absolute Gasteiger partial charge is 0.0796 e. The van der Waals surface area contributed by atoms with Crippen LogP contribution in [-0.2, 0) is 0 Å². The second-order valence-corrected chi connectivity index (χ2v) is 28.5. The first-order chi connectivity index (χ1) is 29.0. The van der Waals surface area contributed by atoms with Gasteiger partial charge in [0.15, 0.2) is 0 Å². The monoisotopic (exact) mass is 806 g/mol. The Morgan fingerprint density at radius 2 is 0.667 bits per heavy atom. The van der Waals surface area contributed by atoms with Crippen molar-refractivity contribution in [2.45, 2.75) is 39.3 Å². The number of pyridine rings is 2. The number of benzene rings is 7. The molecule has 0 radical (unpaired) electrons. The van der Waals surface area contributed by atoms with Crippen molar-refractivity contribution < 1.29 is 0 Å². The van der Waals surface area contributed by atoms with Gasteiger partial charge < -0.3 is 9.13 Å². The molecule has 0 aliphatic heterocycles. The van der Waals surface area contributed by atoms with Crippen LogP contribution in [0.3, 0.4) is 0 Å². The van der Waals surface area contributed by atoms with E-state index in [4.69, 9.17) is 9.97 Å². The number of nitrogens with zero attached hydrogens (tertiary/aromatic N) is 4. The first kappa shape index (κ1) is 36.5. The molecule has 7 aromatic carbocycles. The zero-order chi connectivity index (χ0) is 40.9. The molecule has 0 atom stereocenters. The van der Waals surface area contributed by atoms with E-state index in [2.05, 4.69) is 219 Å². The van der Waals surface area contributed by atoms with Gasteiger partial charge in [-0.25, -0.2) is 0 Å². The van der Waals surface area contributed by atoms with Gasteiger partial charge in [0.25, 0.3) is 0 Å². The largest absolute Gasteiger partial charge is 0.309 e. The molecular weight excluding hydrogens is 761 g/mol. The molecule has 0 aliphatic rings. The van der Waals surface area contributed by atoms with Gasteiger partial charge in [0.05, 0.1) is 49.6 Å². The summed E-state index contributed by atoms with van der Waals surface area (Å²) < 4.78 is 4.84. The van der Waals surface area contributed by atoms with E-state index in [1.807, 2.05) is 0 Å². The minimum atomic E-state index is -1.59. The van der Waals surface area contributed by atoms with Crippen molar-refractivity contribution in [2.24, 2.45) is 0 Å². The predicted octanol–water partition coefficient (Wildman–Crippen LogP) is 13.4. The van der Waals surface area contributed by atoms with Gasteiger partial charge in [-0.3, -0.25) is 9.97 Å². The van der Waals surface area contributed by atoms with Gasteiger partial charge in [0.1, 0.15) is 0 Å². The number of rotatable bonds is 6. The molecule has 11 rings (SSSR count). The summed E-state index contributed by atoms with van der Waals surface area (Å²) in [6.45, 7) is 14.3. The summed E-state index contributed by atoms with van der Waals surface area (Å²) in [5.41, 5.74) is 11.2. The molecule has 6 heteroatoms. The summed E-state index contributed by atoms with van der Waals surface area (Å²) in [5, 5.41) is 12.3. The molecule has 4 aromatic heterocycles. The highest BCUT2D eigenvalue weighted by Crippen LogP contribution is 2.45. The second-order valence-electron chi connectivity index (χ2n) is 18.3. The minimum Gasteiger partial charge on any atom is -0.309 e. The molecule has 0 fully saturated rings. The summed E-state index contributed by atoms with van der Waals surface area (Å²) in [6.07, 6.45) is 4.26. The van der Waals surface area contributed by atoms with Crippen molar-refractivity contribution >= 4 is 91.7 Å². The first-order valence-corrected chi connectivity index (χ1v) is 28.0. The third-order valence-electron chi connectivity index (χ3n) is 12.5. The summed E-state index contributed by atoms with van der Waals surface area (Å²) in [4.78, 5) is 10.6. The SMILES string of the molecule is C[Si](C)(C)c1ccc(-c2c3ccc(-n4c5ccccc5c5ccccc54)cc3c(-c3ccc([Si](C)(C)C)cn3)c3ccc(-n4c5ccccc5c5ccccc54)cc23)nc1. The molecule has 4 nitrogen and oxygen atoms in total. The lowest BCUT2D eigenvalue weighted by Gasteiger charge is -2.21. The zero-order valence-electron chi connectivity index (χ0n) is 35.0. The van der Waals surface area contributed by atoms with Gasteiger partial charge in [-0.15, -0.1) is 0 Å². The Hall–Kier alpha value is -6.61. The fourth-order valence-corrected chi connectivity index (χ4v) is 11.5. The van der Waals surface area contributed by atoms with E-state index in [-0.39, 0.29) is 0 Å². The molecular formula is C54H46N4Si2. The topological polar surface area (TPSA) is 35.6 Å². The lowest BCUT2D eigenvalue weighted by molar-refractivity contribution is 1.18. The quantitative estimate of drug-likeness (QED) is 0.124. The molecule has 0 saturated heterocycles. The fourth-order valence-electron chi connectivity index (χ4n) is 9.41. The molecule has 11 aromatic rings. The van der Waals surface area contributed by atoms with Gasteiger partial charge >= 0.3 is 0 Å². The van der Waals surface area contributed by atoms with Crippen LogP contribution in [0.1, 0.15) is 0 Å². The van der Waals surface area contributed by atoms with Crippen LogP contribution >= 0.6 is 0 Å². The molecule has 0 amide bonds. The Labute approximate surface area is 352 Å². The van der Waals surface area contributed by atoms with Crippen molar-refractivity contribution in [2.75, 3.05) is 0 Å². The molecule has 0 N–H and O–H groups in total. The average molecular weight is 807 g/mol. The van der Waals surface area contributed by atoms with Crippen LogP contribution in [0.15, 0.2) is 170 Å². The summed E-state index contributed by atoms with van der Waals surface area (Å²) in [7, 11) is -3.18. The Morgan fingerprint density at radius 1 is 0.333 bits per heavy atom. The molecule has 60 heavy (non-hydrogen) atoms. The highest BCUT2D eigenvalue weighted by Gasteiger charge is 2.24. The third kappa shape index (κ3) is 5.69. The standard InChI is InChI=1S/C54H46N4Si2/c1-59(2,3)37-25-29-47(55-33-37)53-43-27-23-36(58-51-21-13-9-17-41(51)42-18-10-14-22-52(42)58)32-46(43)54(48-30-26-38(34-56-48)60(4,5)6)44-28-24-35(31-45(44)53)57-49-19-11-7-15-39(49)40-16-8-12-20-50(40)57/h7-34H,1-6H3. The number of para-hydroxylation sites is 4. The maximum atomic E-state index is 5.31. The minimum absolute atomic E-state index is 0.976. The van der Waals surface area contributed by atoms with Crippen LogP contribution in [0.2, 0.25) is 39.3 Å². The predicted molar refractivity (Wildman–Crippen MR) is 263 cm³/mol. The average Bonchev–Trinajstić information content (AvgIpc) is 3.78. The van der Waals surface area contributed by atoms with Crippen molar-refractivity contribution in [3.63, 3.8) is 0 Å². The maximum Gasteiger partial charge on any atom is 0.0796 e. The third-order valence-corrected chi connectivity index (χ3v) is 16.6. The number of hydrogen-bond donors (Lipinski definition) is 0. The molecule has 0 aliphatic carbocycles. The Bertz CT molecular complexity index is 3150. The van der Waals surface area contributed by atoms with E-state index in [0.29, 0.717) is 0 Å². The van der Waals surface area contributed by atoms with Gasteiger partial charge in [0, 0.05) is 56.4 Å². The van der Waals surface area contributed by atoms with Gasteiger partial charge in [0.2, 0.25) is 0 Å². The molecule has 0 spiro atoms. The van der Waals surface area contributed by atoms with Gasteiger partial charge in [-0.1, -0.05) is 136 Å². The Morgan fingerprint density at radius 3 is 0.967 bits per heavy atom. The number of hydrogen-bond acceptors (Lipinski definition) is 2. The van der Waals surface area contributed by atoms with Crippen LogP contribution in [0.4, 0.5) is 0 Å². The fraction of sp³-hybridized carbons (Fsp3) is 0.111. The van der Waals surface area contributed by atoms with Crippen molar-refractivity contribution in [3.05, 3.63) is 170 Å². The molecule has 0 saturated carbocycles. The highest BCUT2D eigenvalue weighted by molar-refractivity contribution is 6.89. The highest BCUT2D eigenvalue weighted by atomic mass is 28.3. The lowest BCUT2D eigenvalue weighted by Crippen LogP contribution is -2.37. The van der Waals surface area contributed by atoms with Crippen LogP contribution < -0.4 is 10.4 Å². The van der Waals surface area contributed by atoms with Crippen LogP contribution in [-0.4, -0.2) is 35.2 Å². The second kappa shape index (κ2) is 13.5. The zero-order valence-corrected chi connectivity index (χ0v) is 37.0. The van der Waals surface area contributed by atoms with E-state index in [9.17, 15) is 0 Å². The van der Waals surface area contributed by atoms with Crippen LogP contribution in [0.25, 0.3) is 99.0 Å². The summed E-state index contributed by atoms with van der Waals surface area (Å²) in [5.74, 6) is 0. The molecule has 0 bridgehead atoms. The van der Waals surface area contributed by atoms with E-state index in [1.165, 1.54) is 54.0 Å². The van der Waals surface area contributed by atoms with Crippen LogP contribution in [0, 0.1) is 0 Å². The Kier molecular flexibility index (Phi) is 8.18. The molecule has 4 heterocycles. The maximum absolute atomic E-state index is 5.31. The lowest BCUT2D eigenvalue weighted by atomic mass is 9.88. The van der Waals surface area contributed by atoms with Crippen molar-refractivity contribution in [1.82, 2.24) is 19.1 Å². The van der Waals surface area contributed by atoms with Gasteiger partial charge in [-0.05, 0) is 92.6 Å². The Balaban J connectivity index is 1.28. The number of aromatic nitrogens is 4. The van der Waals surface area contributed by atoms with E-state index in [0.717, 1.165) is 55.4 Å². The van der Waals surface area contributed by atoms with Gasteiger partial charge in [-0.2, -0.15) is 0 Å². The molecule has 290 valence electrons. The number of fused-ring (bicyclic) bond motifs is 8. The first-order valence-electron chi connectivity index (χ1n) is 21.0. The normalized spacial score (nSPS) is 12.5. The van der Waals surface area contributed by atoms with E-state index >= 15 is 0 Å². The van der Waals surface area contributed by atoms with Crippen LogP contribution in [0.5, 0.6) is 0 Å². The van der Waals surface area contributed by atoms with E-state index < -0.39 is 16.1 Å². The van der Waals surface area contributed by atoms with Crippen molar-refractivity contribution in [3.8, 4) is 33.9 Å².